The number of fused-ring (bicyclic) bond motifs is 1. The highest BCUT2D eigenvalue weighted by Crippen LogP contribution is 2.63. The van der Waals surface area contributed by atoms with E-state index in [4.69, 9.17) is 5.11 Å². The van der Waals surface area contributed by atoms with Crippen LogP contribution in [-0.4, -0.2) is 27.9 Å². The van der Waals surface area contributed by atoms with Crippen LogP contribution in [0.25, 0.3) is 6.08 Å². The quantitative estimate of drug-likeness (QED) is 0.672. The SMILES string of the molecule is CC1(C)C2C(=O)N(c3ncc(C=CC(=O)O)s3)C(=O)C21. The Morgan fingerprint density at radius 2 is 2.00 bits per heavy atom. The summed E-state index contributed by atoms with van der Waals surface area (Å²) < 4.78 is 0. The maximum absolute atomic E-state index is 12.2. The van der Waals surface area contributed by atoms with Gasteiger partial charge in [0.15, 0.2) is 5.13 Å². The number of carbonyl (C=O) groups is 3. The smallest absolute Gasteiger partial charge is 0.328 e. The molecule has 1 aliphatic carbocycles. The van der Waals surface area contributed by atoms with Gasteiger partial charge in [0.1, 0.15) is 0 Å². The van der Waals surface area contributed by atoms with Crippen LogP contribution in [0, 0.1) is 17.3 Å². The first-order chi connectivity index (χ1) is 9.34. The molecule has 2 atom stereocenters. The maximum Gasteiger partial charge on any atom is 0.328 e. The number of carboxylic acid groups (broad SMARTS) is 1. The first-order valence-corrected chi connectivity index (χ1v) is 6.90. The Bertz CT molecular complexity index is 637. The lowest BCUT2D eigenvalue weighted by molar-refractivity contribution is -0.131. The molecular weight excluding hydrogens is 280 g/mol. The standard InChI is InChI=1S/C13H12N2O4S/c1-13(2)8-9(13)11(19)15(10(8)18)12-14-5-6(20-12)3-4-7(16)17/h3-5,8-9H,1-2H3,(H,16,17). The van der Waals surface area contributed by atoms with E-state index in [1.165, 1.54) is 12.3 Å². The molecule has 20 heavy (non-hydrogen) atoms. The van der Waals surface area contributed by atoms with E-state index in [-0.39, 0.29) is 29.1 Å². The average molecular weight is 292 g/mol. The van der Waals surface area contributed by atoms with Gasteiger partial charge in [-0.25, -0.2) is 14.7 Å². The topological polar surface area (TPSA) is 87.6 Å². The molecule has 6 nitrogen and oxygen atoms in total. The molecule has 7 heteroatoms. The molecule has 104 valence electrons. The van der Waals surface area contributed by atoms with Crippen LogP contribution in [0.15, 0.2) is 12.3 Å². The van der Waals surface area contributed by atoms with E-state index in [0.717, 1.165) is 22.3 Å². The molecule has 3 rings (SSSR count). The van der Waals surface area contributed by atoms with Crippen molar-refractivity contribution >= 4 is 40.3 Å². The molecule has 0 spiro atoms. The molecule has 0 radical (unpaired) electrons. The van der Waals surface area contributed by atoms with E-state index < -0.39 is 5.97 Å². The van der Waals surface area contributed by atoms with Gasteiger partial charge in [0, 0.05) is 17.2 Å². The van der Waals surface area contributed by atoms with Gasteiger partial charge in [-0.15, -0.1) is 0 Å². The number of piperidine rings is 1. The second kappa shape index (κ2) is 3.99. The van der Waals surface area contributed by atoms with Gasteiger partial charge in [-0.2, -0.15) is 0 Å². The number of amides is 2. The monoisotopic (exact) mass is 292 g/mol. The fourth-order valence-corrected chi connectivity index (χ4v) is 3.57. The summed E-state index contributed by atoms with van der Waals surface area (Å²) in [6, 6.07) is 0. The van der Waals surface area contributed by atoms with Crippen molar-refractivity contribution in [3.05, 3.63) is 17.2 Å². The highest BCUT2D eigenvalue weighted by molar-refractivity contribution is 7.16. The second-order valence-corrected chi connectivity index (χ2v) is 6.55. The molecule has 2 heterocycles. The molecule has 1 N–H and O–H groups in total. The van der Waals surface area contributed by atoms with Gasteiger partial charge in [0.05, 0.1) is 11.8 Å². The highest BCUT2D eigenvalue weighted by atomic mass is 32.1. The third-order valence-corrected chi connectivity index (χ3v) is 4.84. The Balaban J connectivity index is 1.84. The Labute approximate surface area is 118 Å². The molecule has 0 aromatic carbocycles. The predicted molar refractivity (Wildman–Crippen MR) is 72.0 cm³/mol. The van der Waals surface area contributed by atoms with Gasteiger partial charge in [-0.05, 0) is 11.5 Å². The number of carboxylic acids is 1. The van der Waals surface area contributed by atoms with Crippen LogP contribution in [0.2, 0.25) is 0 Å². The molecule has 1 saturated carbocycles. The van der Waals surface area contributed by atoms with Crippen molar-refractivity contribution in [2.75, 3.05) is 4.90 Å². The minimum absolute atomic E-state index is 0.201. The van der Waals surface area contributed by atoms with E-state index >= 15 is 0 Å². The third-order valence-electron chi connectivity index (χ3n) is 3.89. The minimum atomic E-state index is -1.06. The lowest BCUT2D eigenvalue weighted by atomic mass is 10.1. The van der Waals surface area contributed by atoms with Crippen molar-refractivity contribution in [2.45, 2.75) is 13.8 Å². The van der Waals surface area contributed by atoms with Gasteiger partial charge < -0.3 is 5.11 Å². The fourth-order valence-electron chi connectivity index (χ4n) is 2.75. The summed E-state index contributed by atoms with van der Waals surface area (Å²) in [6.07, 6.45) is 3.83. The number of aromatic nitrogens is 1. The average Bonchev–Trinajstić information content (AvgIpc) is 2.68. The zero-order chi connectivity index (χ0) is 14.7. The number of rotatable bonds is 3. The van der Waals surface area contributed by atoms with Crippen molar-refractivity contribution in [1.29, 1.82) is 0 Å². The number of carbonyl (C=O) groups excluding carboxylic acids is 2. The molecule has 1 aromatic heterocycles. The van der Waals surface area contributed by atoms with Crippen LogP contribution in [0.5, 0.6) is 0 Å². The van der Waals surface area contributed by atoms with Gasteiger partial charge in [0.25, 0.3) is 0 Å². The summed E-state index contributed by atoms with van der Waals surface area (Å²) >= 11 is 1.13. The number of thiazole rings is 1. The lowest BCUT2D eigenvalue weighted by Crippen LogP contribution is -2.36. The Morgan fingerprint density at radius 1 is 1.40 bits per heavy atom. The van der Waals surface area contributed by atoms with E-state index in [1.54, 1.807) is 0 Å². The molecule has 0 bridgehead atoms. The summed E-state index contributed by atoms with van der Waals surface area (Å²) in [7, 11) is 0. The zero-order valence-corrected chi connectivity index (χ0v) is 11.7. The highest BCUT2D eigenvalue weighted by Gasteiger charge is 2.73. The van der Waals surface area contributed by atoms with Crippen LogP contribution >= 0.6 is 11.3 Å². The van der Waals surface area contributed by atoms with E-state index in [1.807, 2.05) is 13.8 Å². The van der Waals surface area contributed by atoms with Crippen molar-refractivity contribution in [3.63, 3.8) is 0 Å². The van der Waals surface area contributed by atoms with Crippen molar-refractivity contribution < 1.29 is 19.5 Å². The van der Waals surface area contributed by atoms with E-state index in [2.05, 4.69) is 4.98 Å². The first-order valence-electron chi connectivity index (χ1n) is 6.08. The summed E-state index contributed by atoms with van der Waals surface area (Å²) in [5.41, 5.74) is -0.242. The molecule has 1 aromatic rings. The summed E-state index contributed by atoms with van der Waals surface area (Å²) in [4.78, 5) is 40.6. The Kier molecular flexibility index (Phi) is 2.59. The molecule has 1 saturated heterocycles. The normalized spacial score (nSPS) is 27.2. The fraction of sp³-hybridized carbons (Fsp3) is 0.385. The molecule has 2 aliphatic rings. The number of hydrogen-bond donors (Lipinski definition) is 1. The van der Waals surface area contributed by atoms with Crippen LogP contribution < -0.4 is 4.90 Å². The van der Waals surface area contributed by atoms with Gasteiger partial charge >= 0.3 is 5.97 Å². The maximum atomic E-state index is 12.2. The van der Waals surface area contributed by atoms with E-state index in [9.17, 15) is 14.4 Å². The largest absolute Gasteiger partial charge is 0.478 e. The predicted octanol–water partition coefficient (Wildman–Crippen LogP) is 1.39. The number of anilines is 1. The van der Waals surface area contributed by atoms with Crippen molar-refractivity contribution in [1.82, 2.24) is 4.98 Å². The lowest BCUT2D eigenvalue weighted by Gasteiger charge is -2.17. The molecule has 2 unspecified atom stereocenters. The summed E-state index contributed by atoms with van der Waals surface area (Å²) in [5.74, 6) is -1.94. The molecule has 2 fully saturated rings. The molecular formula is C13H12N2O4S. The molecule has 1 aliphatic heterocycles. The van der Waals surface area contributed by atoms with Crippen LogP contribution in [-0.2, 0) is 14.4 Å². The zero-order valence-electron chi connectivity index (χ0n) is 10.9. The van der Waals surface area contributed by atoms with Gasteiger partial charge in [-0.1, -0.05) is 25.2 Å². The van der Waals surface area contributed by atoms with E-state index in [0.29, 0.717) is 10.0 Å². The Morgan fingerprint density at radius 3 is 2.55 bits per heavy atom. The van der Waals surface area contributed by atoms with Crippen molar-refractivity contribution in [2.24, 2.45) is 17.3 Å². The summed E-state index contributed by atoms with van der Waals surface area (Å²) in [5, 5.41) is 8.87. The minimum Gasteiger partial charge on any atom is -0.478 e. The number of imide groups is 1. The van der Waals surface area contributed by atoms with Gasteiger partial charge in [0.2, 0.25) is 11.8 Å². The molecule has 2 amide bonds. The van der Waals surface area contributed by atoms with Crippen LogP contribution in [0.3, 0.4) is 0 Å². The first kappa shape index (κ1) is 13.0. The summed E-state index contributed by atoms with van der Waals surface area (Å²) in [6.45, 7) is 3.83. The Hall–Kier alpha value is -2.02. The number of hydrogen-bond acceptors (Lipinski definition) is 5. The van der Waals surface area contributed by atoms with Crippen LogP contribution in [0.4, 0.5) is 5.13 Å². The van der Waals surface area contributed by atoms with Crippen LogP contribution in [0.1, 0.15) is 18.7 Å². The van der Waals surface area contributed by atoms with Gasteiger partial charge in [-0.3, -0.25) is 9.59 Å². The number of aliphatic carboxylic acids is 1. The number of nitrogens with zero attached hydrogens (tertiary/aromatic N) is 2. The van der Waals surface area contributed by atoms with Crippen molar-refractivity contribution in [3.8, 4) is 0 Å². The second-order valence-electron chi connectivity index (χ2n) is 5.51. The third kappa shape index (κ3) is 1.70.